The molecule has 24 heavy (non-hydrogen) atoms. The third-order valence-electron chi connectivity index (χ3n) is 3.84. The maximum absolute atomic E-state index is 13.6. The number of rotatable bonds is 4. The number of carbonyl (C=O) groups excluding carboxylic acids is 1. The summed E-state index contributed by atoms with van der Waals surface area (Å²) in [6, 6.07) is 12.1. The Morgan fingerprint density at radius 1 is 1.21 bits per heavy atom. The number of benzene rings is 2. The van der Waals surface area contributed by atoms with Gasteiger partial charge in [-0.1, -0.05) is 28.1 Å². The largest absolute Gasteiger partial charge is 0.378 e. The Labute approximate surface area is 148 Å². The van der Waals surface area contributed by atoms with Crippen molar-refractivity contribution in [3.8, 4) is 0 Å². The van der Waals surface area contributed by atoms with Crippen LogP contribution in [0.2, 0.25) is 0 Å². The summed E-state index contributed by atoms with van der Waals surface area (Å²) in [5, 5.41) is 2.84. The van der Waals surface area contributed by atoms with Crippen molar-refractivity contribution >= 4 is 33.2 Å². The van der Waals surface area contributed by atoms with Gasteiger partial charge in [0, 0.05) is 17.6 Å². The molecule has 0 aliphatic carbocycles. The van der Waals surface area contributed by atoms with Gasteiger partial charge in [0.25, 0.3) is 0 Å². The van der Waals surface area contributed by atoms with Gasteiger partial charge in [-0.2, -0.15) is 0 Å². The molecule has 4 nitrogen and oxygen atoms in total. The van der Waals surface area contributed by atoms with E-state index in [0.29, 0.717) is 18.9 Å². The van der Waals surface area contributed by atoms with E-state index in [1.807, 2.05) is 24.3 Å². The summed E-state index contributed by atoms with van der Waals surface area (Å²) >= 11 is 3.39. The van der Waals surface area contributed by atoms with Crippen LogP contribution >= 0.6 is 15.9 Å². The van der Waals surface area contributed by atoms with E-state index in [1.54, 1.807) is 6.07 Å². The van der Waals surface area contributed by atoms with Crippen molar-refractivity contribution in [1.82, 2.24) is 0 Å². The van der Waals surface area contributed by atoms with Gasteiger partial charge in [-0.05, 0) is 35.9 Å². The molecule has 1 amide bonds. The predicted octanol–water partition coefficient (Wildman–Crippen LogP) is 3.61. The van der Waals surface area contributed by atoms with E-state index >= 15 is 0 Å². The second-order valence-corrected chi connectivity index (χ2v) is 6.53. The summed E-state index contributed by atoms with van der Waals surface area (Å²) in [7, 11) is 0. The molecule has 0 bridgehead atoms. The SMILES string of the molecule is O=C(Cc1cccc(Br)c1)Nc1cc(F)ccc1N1CCOCC1. The van der Waals surface area contributed by atoms with Crippen molar-refractivity contribution in [3.05, 3.63) is 58.3 Å². The van der Waals surface area contributed by atoms with Crippen LogP contribution in [0.15, 0.2) is 46.9 Å². The second kappa shape index (κ2) is 7.77. The van der Waals surface area contributed by atoms with Crippen LogP contribution in [0, 0.1) is 5.82 Å². The van der Waals surface area contributed by atoms with Crippen LogP contribution in [0.1, 0.15) is 5.56 Å². The molecule has 0 spiro atoms. The fourth-order valence-corrected chi connectivity index (χ4v) is 3.16. The minimum atomic E-state index is -0.371. The van der Waals surface area contributed by atoms with Crippen molar-refractivity contribution in [2.45, 2.75) is 6.42 Å². The highest BCUT2D eigenvalue weighted by Gasteiger charge is 2.17. The van der Waals surface area contributed by atoms with Gasteiger partial charge in [-0.3, -0.25) is 4.79 Å². The average molecular weight is 393 g/mol. The maximum Gasteiger partial charge on any atom is 0.228 e. The Balaban J connectivity index is 1.75. The van der Waals surface area contributed by atoms with E-state index < -0.39 is 0 Å². The number of halogens is 2. The van der Waals surface area contributed by atoms with Crippen molar-refractivity contribution in [3.63, 3.8) is 0 Å². The molecule has 2 aromatic rings. The molecule has 1 aliphatic heterocycles. The molecule has 1 N–H and O–H groups in total. The molecule has 0 aromatic heterocycles. The molecule has 0 atom stereocenters. The van der Waals surface area contributed by atoms with Crippen molar-refractivity contribution in [1.29, 1.82) is 0 Å². The molecule has 0 saturated carbocycles. The topological polar surface area (TPSA) is 41.6 Å². The number of hydrogen-bond donors (Lipinski definition) is 1. The highest BCUT2D eigenvalue weighted by Crippen LogP contribution is 2.28. The summed E-state index contributed by atoms with van der Waals surface area (Å²) in [6.45, 7) is 2.70. The summed E-state index contributed by atoms with van der Waals surface area (Å²) in [4.78, 5) is 14.4. The van der Waals surface area contributed by atoms with E-state index in [-0.39, 0.29) is 18.1 Å². The Bertz CT molecular complexity index is 733. The normalized spacial score (nSPS) is 14.5. The molecule has 0 radical (unpaired) electrons. The van der Waals surface area contributed by atoms with Gasteiger partial charge in [-0.25, -0.2) is 4.39 Å². The van der Waals surface area contributed by atoms with Gasteiger partial charge in [0.2, 0.25) is 5.91 Å². The fraction of sp³-hybridized carbons (Fsp3) is 0.278. The highest BCUT2D eigenvalue weighted by atomic mass is 79.9. The minimum absolute atomic E-state index is 0.173. The first kappa shape index (κ1) is 16.9. The number of ether oxygens (including phenoxy) is 1. The molecule has 6 heteroatoms. The molecule has 1 saturated heterocycles. The molecule has 126 valence electrons. The number of anilines is 2. The molecule has 1 aliphatic rings. The maximum atomic E-state index is 13.6. The van der Waals surface area contributed by atoms with E-state index in [4.69, 9.17) is 4.74 Å². The Kier molecular flexibility index (Phi) is 5.48. The molecule has 0 unspecified atom stereocenters. The van der Waals surface area contributed by atoms with E-state index in [0.717, 1.165) is 28.8 Å². The quantitative estimate of drug-likeness (QED) is 0.863. The van der Waals surface area contributed by atoms with Crippen molar-refractivity contribution < 1.29 is 13.9 Å². The third-order valence-corrected chi connectivity index (χ3v) is 4.33. The first-order valence-electron chi connectivity index (χ1n) is 7.78. The number of hydrogen-bond acceptors (Lipinski definition) is 3. The molecule has 1 heterocycles. The van der Waals surface area contributed by atoms with Crippen LogP contribution in [-0.2, 0) is 16.0 Å². The first-order chi connectivity index (χ1) is 11.6. The summed E-state index contributed by atoms with van der Waals surface area (Å²) < 4.78 is 19.9. The van der Waals surface area contributed by atoms with Crippen molar-refractivity contribution in [2.24, 2.45) is 0 Å². The summed E-state index contributed by atoms with van der Waals surface area (Å²) in [5.41, 5.74) is 2.21. The molecule has 3 rings (SSSR count). The second-order valence-electron chi connectivity index (χ2n) is 5.62. The molecular weight excluding hydrogens is 375 g/mol. The van der Waals surface area contributed by atoms with Crippen LogP contribution in [0.3, 0.4) is 0 Å². The Hall–Kier alpha value is -1.92. The van der Waals surface area contributed by atoms with Crippen LogP contribution in [0.4, 0.5) is 15.8 Å². The van der Waals surface area contributed by atoms with Crippen LogP contribution in [-0.4, -0.2) is 32.2 Å². The Morgan fingerprint density at radius 2 is 2.00 bits per heavy atom. The van der Waals surface area contributed by atoms with E-state index in [2.05, 4.69) is 26.1 Å². The zero-order chi connectivity index (χ0) is 16.9. The summed E-state index contributed by atoms with van der Waals surface area (Å²) in [5.74, 6) is -0.544. The lowest BCUT2D eigenvalue weighted by molar-refractivity contribution is -0.115. The number of morpholine rings is 1. The predicted molar refractivity (Wildman–Crippen MR) is 95.9 cm³/mol. The molecular formula is C18H18BrFN2O2. The summed E-state index contributed by atoms with van der Waals surface area (Å²) in [6.07, 6.45) is 0.235. The Morgan fingerprint density at radius 3 is 2.75 bits per heavy atom. The minimum Gasteiger partial charge on any atom is -0.378 e. The standard InChI is InChI=1S/C18H18BrFN2O2/c19-14-3-1-2-13(10-14)11-18(23)21-16-12-15(20)4-5-17(16)22-6-8-24-9-7-22/h1-5,10,12H,6-9,11H2,(H,21,23). The third kappa shape index (κ3) is 4.33. The van der Waals surface area contributed by atoms with Gasteiger partial charge >= 0.3 is 0 Å². The van der Waals surface area contributed by atoms with Gasteiger partial charge in [0.05, 0.1) is 31.0 Å². The number of carbonyl (C=O) groups is 1. The van der Waals surface area contributed by atoms with Crippen LogP contribution < -0.4 is 10.2 Å². The zero-order valence-corrected chi connectivity index (χ0v) is 14.7. The first-order valence-corrected chi connectivity index (χ1v) is 8.58. The lowest BCUT2D eigenvalue weighted by atomic mass is 10.1. The van der Waals surface area contributed by atoms with Gasteiger partial charge in [-0.15, -0.1) is 0 Å². The van der Waals surface area contributed by atoms with E-state index in [1.165, 1.54) is 12.1 Å². The van der Waals surface area contributed by atoms with Crippen molar-refractivity contribution in [2.75, 3.05) is 36.5 Å². The fourth-order valence-electron chi connectivity index (χ4n) is 2.72. The smallest absolute Gasteiger partial charge is 0.228 e. The number of nitrogens with one attached hydrogen (secondary N) is 1. The van der Waals surface area contributed by atoms with Gasteiger partial charge in [0.15, 0.2) is 0 Å². The molecule has 2 aromatic carbocycles. The zero-order valence-electron chi connectivity index (χ0n) is 13.1. The monoisotopic (exact) mass is 392 g/mol. The average Bonchev–Trinajstić information content (AvgIpc) is 2.55. The van der Waals surface area contributed by atoms with Crippen LogP contribution in [0.5, 0.6) is 0 Å². The lowest BCUT2D eigenvalue weighted by Crippen LogP contribution is -2.36. The number of nitrogens with zero attached hydrogens (tertiary/aromatic N) is 1. The van der Waals surface area contributed by atoms with E-state index in [9.17, 15) is 9.18 Å². The number of amides is 1. The van der Waals surface area contributed by atoms with Gasteiger partial charge in [0.1, 0.15) is 5.82 Å². The molecule has 1 fully saturated rings. The van der Waals surface area contributed by atoms with Crippen LogP contribution in [0.25, 0.3) is 0 Å². The lowest BCUT2D eigenvalue weighted by Gasteiger charge is -2.30. The van der Waals surface area contributed by atoms with Gasteiger partial charge < -0.3 is 15.0 Å². The highest BCUT2D eigenvalue weighted by molar-refractivity contribution is 9.10.